The van der Waals surface area contributed by atoms with Gasteiger partial charge in [0.25, 0.3) is 5.91 Å². The van der Waals surface area contributed by atoms with E-state index in [0.29, 0.717) is 6.61 Å². The average Bonchev–Trinajstić information content (AvgIpc) is 2.39. The Morgan fingerprint density at radius 3 is 2.63 bits per heavy atom. The molecule has 0 saturated heterocycles. The van der Waals surface area contributed by atoms with Crippen LogP contribution in [-0.2, 0) is 19.1 Å². The van der Waals surface area contributed by atoms with E-state index in [2.05, 4.69) is 5.32 Å². The Hall–Kier alpha value is -1.88. The van der Waals surface area contributed by atoms with Crippen LogP contribution < -0.4 is 5.32 Å². The number of aryl methyl sites for hydroxylation is 1. The summed E-state index contributed by atoms with van der Waals surface area (Å²) < 4.78 is 9.65. The number of esters is 1. The van der Waals surface area contributed by atoms with E-state index in [1.54, 1.807) is 6.92 Å². The van der Waals surface area contributed by atoms with Gasteiger partial charge in [0.1, 0.15) is 6.61 Å². The second-order valence-corrected chi connectivity index (χ2v) is 4.09. The van der Waals surface area contributed by atoms with Crippen LogP contribution in [0.5, 0.6) is 0 Å². The highest BCUT2D eigenvalue weighted by molar-refractivity contribution is 5.93. The molecule has 0 spiro atoms. The standard InChI is InChI=1S/C14H19NO4/c1-4-18-9-14(17)19-8-13(16)15-12-7-5-6-10(2)11(12)3/h5-7H,4,8-9H2,1-3H3,(H,15,16). The number of hydrogen-bond donors (Lipinski definition) is 1. The summed E-state index contributed by atoms with van der Waals surface area (Å²) in [5, 5.41) is 2.71. The minimum atomic E-state index is -0.544. The van der Waals surface area contributed by atoms with Gasteiger partial charge in [0.15, 0.2) is 6.61 Å². The number of rotatable bonds is 6. The molecule has 0 radical (unpaired) electrons. The maximum Gasteiger partial charge on any atom is 0.332 e. The minimum absolute atomic E-state index is 0.132. The van der Waals surface area contributed by atoms with Crippen LogP contribution in [0.15, 0.2) is 18.2 Å². The molecule has 5 nitrogen and oxygen atoms in total. The summed E-state index contributed by atoms with van der Waals surface area (Å²) in [5.41, 5.74) is 2.81. The topological polar surface area (TPSA) is 64.6 Å². The van der Waals surface area contributed by atoms with Crippen molar-refractivity contribution in [2.24, 2.45) is 0 Å². The Balaban J connectivity index is 2.43. The lowest BCUT2D eigenvalue weighted by atomic mass is 10.1. The largest absolute Gasteiger partial charge is 0.454 e. The van der Waals surface area contributed by atoms with Gasteiger partial charge in [-0.2, -0.15) is 0 Å². The van der Waals surface area contributed by atoms with Gasteiger partial charge in [0.2, 0.25) is 0 Å². The zero-order chi connectivity index (χ0) is 14.3. The molecular weight excluding hydrogens is 246 g/mol. The molecule has 0 atom stereocenters. The van der Waals surface area contributed by atoms with Crippen molar-refractivity contribution in [2.75, 3.05) is 25.1 Å². The third-order valence-electron chi connectivity index (χ3n) is 2.67. The van der Waals surface area contributed by atoms with Crippen molar-refractivity contribution in [3.63, 3.8) is 0 Å². The lowest BCUT2D eigenvalue weighted by Crippen LogP contribution is -2.23. The Morgan fingerprint density at radius 2 is 1.95 bits per heavy atom. The van der Waals surface area contributed by atoms with Crippen LogP contribution in [0.4, 0.5) is 5.69 Å². The van der Waals surface area contributed by atoms with Crippen molar-refractivity contribution in [3.8, 4) is 0 Å². The molecule has 0 heterocycles. The molecule has 19 heavy (non-hydrogen) atoms. The van der Waals surface area contributed by atoms with Gasteiger partial charge in [-0.15, -0.1) is 0 Å². The molecule has 1 aromatic rings. The first-order valence-corrected chi connectivity index (χ1v) is 6.14. The SMILES string of the molecule is CCOCC(=O)OCC(=O)Nc1cccc(C)c1C. The van der Waals surface area contributed by atoms with Crippen LogP contribution in [-0.4, -0.2) is 31.7 Å². The third-order valence-corrected chi connectivity index (χ3v) is 2.67. The molecule has 0 unspecified atom stereocenters. The van der Waals surface area contributed by atoms with E-state index in [1.165, 1.54) is 0 Å². The number of benzene rings is 1. The van der Waals surface area contributed by atoms with Crippen molar-refractivity contribution in [1.29, 1.82) is 0 Å². The first-order chi connectivity index (χ1) is 9.04. The monoisotopic (exact) mass is 265 g/mol. The lowest BCUT2D eigenvalue weighted by Gasteiger charge is -2.10. The van der Waals surface area contributed by atoms with E-state index in [-0.39, 0.29) is 19.1 Å². The van der Waals surface area contributed by atoms with E-state index in [9.17, 15) is 9.59 Å². The number of hydrogen-bond acceptors (Lipinski definition) is 4. The van der Waals surface area contributed by atoms with Crippen LogP contribution in [0.2, 0.25) is 0 Å². The van der Waals surface area contributed by atoms with Crippen LogP contribution in [0, 0.1) is 13.8 Å². The number of carbonyl (C=O) groups is 2. The molecule has 0 saturated carbocycles. The third kappa shape index (κ3) is 5.09. The fourth-order valence-electron chi connectivity index (χ4n) is 1.45. The molecule has 0 bridgehead atoms. The summed E-state index contributed by atoms with van der Waals surface area (Å²) in [4.78, 5) is 22.8. The predicted molar refractivity (Wildman–Crippen MR) is 72.0 cm³/mol. The Labute approximate surface area is 112 Å². The highest BCUT2D eigenvalue weighted by Gasteiger charge is 2.09. The zero-order valence-corrected chi connectivity index (χ0v) is 11.5. The maximum atomic E-state index is 11.6. The lowest BCUT2D eigenvalue weighted by molar-refractivity contribution is -0.151. The maximum absolute atomic E-state index is 11.6. The van der Waals surface area contributed by atoms with Crippen LogP contribution in [0.3, 0.4) is 0 Å². The van der Waals surface area contributed by atoms with Gasteiger partial charge in [0.05, 0.1) is 0 Å². The van der Waals surface area contributed by atoms with Crippen molar-refractivity contribution in [1.82, 2.24) is 0 Å². The predicted octanol–water partition coefficient (Wildman–Crippen LogP) is 1.82. The highest BCUT2D eigenvalue weighted by atomic mass is 16.6. The van der Waals surface area contributed by atoms with Gasteiger partial charge in [-0.1, -0.05) is 12.1 Å². The van der Waals surface area contributed by atoms with Crippen molar-refractivity contribution >= 4 is 17.6 Å². The first kappa shape index (κ1) is 15.2. The molecule has 1 aromatic carbocycles. The fraction of sp³-hybridized carbons (Fsp3) is 0.429. The molecule has 5 heteroatoms. The summed E-state index contributed by atoms with van der Waals surface area (Å²) in [6.07, 6.45) is 0. The van der Waals surface area contributed by atoms with Crippen LogP contribution in [0.25, 0.3) is 0 Å². The zero-order valence-electron chi connectivity index (χ0n) is 11.5. The second kappa shape index (κ2) is 7.53. The van der Waals surface area contributed by atoms with Gasteiger partial charge in [-0.05, 0) is 38.0 Å². The van der Waals surface area contributed by atoms with E-state index in [1.807, 2.05) is 32.0 Å². The van der Waals surface area contributed by atoms with Gasteiger partial charge in [0, 0.05) is 12.3 Å². The second-order valence-electron chi connectivity index (χ2n) is 4.09. The Kier molecular flexibility index (Phi) is 6.02. The molecule has 0 fully saturated rings. The molecule has 104 valence electrons. The number of nitrogens with one attached hydrogen (secondary N) is 1. The summed E-state index contributed by atoms with van der Waals surface area (Å²) >= 11 is 0. The quantitative estimate of drug-likeness (QED) is 0.797. The van der Waals surface area contributed by atoms with Crippen molar-refractivity contribution in [2.45, 2.75) is 20.8 Å². The van der Waals surface area contributed by atoms with Gasteiger partial charge >= 0.3 is 5.97 Å². The summed E-state index contributed by atoms with van der Waals surface area (Å²) in [7, 11) is 0. The summed E-state index contributed by atoms with van der Waals surface area (Å²) in [6, 6.07) is 5.63. The molecule has 1 amide bonds. The van der Waals surface area contributed by atoms with E-state index in [4.69, 9.17) is 9.47 Å². The van der Waals surface area contributed by atoms with Gasteiger partial charge in [-0.25, -0.2) is 4.79 Å². The number of anilines is 1. The normalized spacial score (nSPS) is 10.1. The molecule has 0 aliphatic carbocycles. The smallest absolute Gasteiger partial charge is 0.332 e. The van der Waals surface area contributed by atoms with Crippen LogP contribution in [0.1, 0.15) is 18.1 Å². The Bertz CT molecular complexity index is 457. The fourth-order valence-corrected chi connectivity index (χ4v) is 1.45. The summed E-state index contributed by atoms with van der Waals surface area (Å²) in [6.45, 7) is 5.66. The molecule has 0 aliphatic rings. The number of amides is 1. The first-order valence-electron chi connectivity index (χ1n) is 6.14. The van der Waals surface area contributed by atoms with Crippen molar-refractivity contribution < 1.29 is 19.1 Å². The average molecular weight is 265 g/mol. The molecule has 1 N–H and O–H groups in total. The van der Waals surface area contributed by atoms with Gasteiger partial charge < -0.3 is 14.8 Å². The highest BCUT2D eigenvalue weighted by Crippen LogP contribution is 2.17. The molecular formula is C14H19NO4. The van der Waals surface area contributed by atoms with Crippen molar-refractivity contribution in [3.05, 3.63) is 29.3 Å². The van der Waals surface area contributed by atoms with E-state index >= 15 is 0 Å². The number of ether oxygens (including phenoxy) is 2. The number of carbonyl (C=O) groups excluding carboxylic acids is 2. The Morgan fingerprint density at radius 1 is 1.21 bits per heavy atom. The molecule has 1 rings (SSSR count). The van der Waals surface area contributed by atoms with Gasteiger partial charge in [-0.3, -0.25) is 4.79 Å². The molecule has 0 aromatic heterocycles. The van der Waals surface area contributed by atoms with Crippen LogP contribution >= 0.6 is 0 Å². The molecule has 0 aliphatic heterocycles. The summed E-state index contributed by atoms with van der Waals surface area (Å²) in [5.74, 6) is -0.906. The van der Waals surface area contributed by atoms with E-state index in [0.717, 1.165) is 16.8 Å². The van der Waals surface area contributed by atoms with E-state index < -0.39 is 5.97 Å². The minimum Gasteiger partial charge on any atom is -0.454 e.